The molecule has 0 bridgehead atoms. The van der Waals surface area contributed by atoms with Crippen molar-refractivity contribution in [2.24, 2.45) is 5.92 Å². The molecule has 1 aliphatic rings. The Morgan fingerprint density at radius 1 is 0.857 bits per heavy atom. The van der Waals surface area contributed by atoms with Gasteiger partial charge in [-0.25, -0.2) is 8.78 Å². The van der Waals surface area contributed by atoms with Crippen molar-refractivity contribution in [2.45, 2.75) is 71.6 Å². The van der Waals surface area contributed by atoms with E-state index in [2.05, 4.69) is 25.1 Å². The summed E-state index contributed by atoms with van der Waals surface area (Å²) in [6.45, 7) is 4.22. The van der Waals surface area contributed by atoms with Crippen LogP contribution in [-0.2, 0) is 6.42 Å². The van der Waals surface area contributed by atoms with Crippen LogP contribution in [0, 0.1) is 17.6 Å². The van der Waals surface area contributed by atoms with Crippen LogP contribution in [0.4, 0.5) is 8.78 Å². The highest BCUT2D eigenvalue weighted by Crippen LogP contribution is 2.34. The molecule has 0 amide bonds. The van der Waals surface area contributed by atoms with Gasteiger partial charge in [-0.3, -0.25) is 0 Å². The van der Waals surface area contributed by atoms with E-state index >= 15 is 0 Å². The van der Waals surface area contributed by atoms with Crippen molar-refractivity contribution in [3.05, 3.63) is 65.2 Å². The highest BCUT2D eigenvalue weighted by molar-refractivity contribution is 5.71. The van der Waals surface area contributed by atoms with E-state index in [-0.39, 0.29) is 0 Å². The third-order valence-corrected chi connectivity index (χ3v) is 5.98. The first kappa shape index (κ1) is 20.8. The number of hydrogen-bond donors (Lipinski definition) is 0. The van der Waals surface area contributed by atoms with Crippen molar-refractivity contribution < 1.29 is 8.78 Å². The zero-order valence-corrected chi connectivity index (χ0v) is 17.2. The second-order valence-corrected chi connectivity index (χ2v) is 8.09. The largest absolute Gasteiger partial charge is 0.203 e. The number of rotatable bonds is 8. The Morgan fingerprint density at radius 2 is 1.61 bits per heavy atom. The second-order valence-electron chi connectivity index (χ2n) is 8.09. The van der Waals surface area contributed by atoms with Gasteiger partial charge in [0.25, 0.3) is 0 Å². The number of aryl methyl sites for hydroxylation is 1. The third kappa shape index (κ3) is 4.90. The summed E-state index contributed by atoms with van der Waals surface area (Å²) in [5, 5.41) is 0. The summed E-state index contributed by atoms with van der Waals surface area (Å²) in [5.74, 6) is -0.605. The number of benzene rings is 2. The van der Waals surface area contributed by atoms with Gasteiger partial charge in [-0.2, -0.15) is 0 Å². The molecule has 0 spiro atoms. The van der Waals surface area contributed by atoms with Gasteiger partial charge >= 0.3 is 0 Å². The molecule has 28 heavy (non-hydrogen) atoms. The molecule has 0 aromatic heterocycles. The van der Waals surface area contributed by atoms with Gasteiger partial charge in [0.2, 0.25) is 0 Å². The van der Waals surface area contributed by atoms with E-state index in [1.54, 1.807) is 12.1 Å². The highest BCUT2D eigenvalue weighted by Gasteiger charge is 2.17. The zero-order valence-electron chi connectivity index (χ0n) is 17.2. The SMILES string of the molecule is CCCCCC1CC=C(c2ccc(-c3ccc(CCC)c(F)c3F)cc2)CC1. The van der Waals surface area contributed by atoms with Crippen molar-refractivity contribution in [3.8, 4) is 11.1 Å². The molecule has 1 aliphatic carbocycles. The van der Waals surface area contributed by atoms with Crippen LogP contribution in [0.5, 0.6) is 0 Å². The van der Waals surface area contributed by atoms with E-state index in [1.807, 2.05) is 19.1 Å². The fourth-order valence-electron chi connectivity index (χ4n) is 4.23. The monoisotopic (exact) mass is 382 g/mol. The van der Waals surface area contributed by atoms with Gasteiger partial charge in [0, 0.05) is 5.56 Å². The van der Waals surface area contributed by atoms with Crippen molar-refractivity contribution in [2.75, 3.05) is 0 Å². The van der Waals surface area contributed by atoms with E-state index in [4.69, 9.17) is 0 Å². The maximum atomic E-state index is 14.5. The molecule has 0 saturated heterocycles. The molecule has 0 fully saturated rings. The summed E-state index contributed by atoms with van der Waals surface area (Å²) < 4.78 is 28.8. The van der Waals surface area contributed by atoms with Crippen LogP contribution in [-0.4, -0.2) is 0 Å². The molecule has 150 valence electrons. The number of allylic oxidation sites excluding steroid dienone is 2. The van der Waals surface area contributed by atoms with Crippen LogP contribution in [0.1, 0.15) is 76.3 Å². The standard InChI is InChI=1S/C26H32F2/c1-3-5-6-8-19-9-11-20(12-10-19)21-13-15-22(16-14-21)24-18-17-23(7-4-2)25(27)26(24)28/h11,13-19H,3-10,12H2,1-2H3. The smallest absolute Gasteiger partial charge is 0.166 e. The quantitative estimate of drug-likeness (QED) is 0.402. The van der Waals surface area contributed by atoms with Crippen molar-refractivity contribution in [1.29, 1.82) is 0 Å². The molecule has 1 unspecified atom stereocenters. The lowest BCUT2D eigenvalue weighted by Crippen LogP contribution is -2.05. The first-order valence-electron chi connectivity index (χ1n) is 10.9. The topological polar surface area (TPSA) is 0 Å². The summed E-state index contributed by atoms with van der Waals surface area (Å²) in [4.78, 5) is 0. The van der Waals surface area contributed by atoms with Crippen LogP contribution in [0.15, 0.2) is 42.5 Å². The Hall–Kier alpha value is -1.96. The van der Waals surface area contributed by atoms with Gasteiger partial charge < -0.3 is 0 Å². The Morgan fingerprint density at radius 3 is 2.25 bits per heavy atom. The molecule has 2 aromatic rings. The Kier molecular flexibility index (Phi) is 7.42. The summed E-state index contributed by atoms with van der Waals surface area (Å²) in [6.07, 6.45) is 12.6. The summed E-state index contributed by atoms with van der Waals surface area (Å²) >= 11 is 0. The van der Waals surface area contributed by atoms with Crippen LogP contribution in [0.3, 0.4) is 0 Å². The minimum atomic E-state index is -0.731. The molecule has 0 heterocycles. The summed E-state index contributed by atoms with van der Waals surface area (Å²) in [6, 6.07) is 11.4. The van der Waals surface area contributed by atoms with Gasteiger partial charge in [0.15, 0.2) is 11.6 Å². The fourth-order valence-corrected chi connectivity index (χ4v) is 4.23. The molecule has 2 aromatic carbocycles. The molecular formula is C26H32F2. The van der Waals surface area contributed by atoms with Crippen LogP contribution in [0.2, 0.25) is 0 Å². The van der Waals surface area contributed by atoms with E-state index in [1.165, 1.54) is 49.7 Å². The summed E-state index contributed by atoms with van der Waals surface area (Å²) in [5.41, 5.74) is 4.14. The maximum absolute atomic E-state index is 14.5. The molecular weight excluding hydrogens is 350 g/mol. The van der Waals surface area contributed by atoms with Crippen LogP contribution < -0.4 is 0 Å². The minimum absolute atomic E-state index is 0.345. The van der Waals surface area contributed by atoms with Gasteiger partial charge in [-0.15, -0.1) is 0 Å². The van der Waals surface area contributed by atoms with Crippen LogP contribution in [0.25, 0.3) is 16.7 Å². The molecule has 2 heteroatoms. The predicted molar refractivity (Wildman–Crippen MR) is 115 cm³/mol. The average molecular weight is 383 g/mol. The first-order valence-corrected chi connectivity index (χ1v) is 10.9. The van der Waals surface area contributed by atoms with E-state index in [0.29, 0.717) is 17.5 Å². The average Bonchev–Trinajstić information content (AvgIpc) is 2.73. The number of hydrogen-bond acceptors (Lipinski definition) is 0. The zero-order chi connectivity index (χ0) is 19.9. The maximum Gasteiger partial charge on any atom is 0.166 e. The van der Waals surface area contributed by atoms with Gasteiger partial charge in [0.1, 0.15) is 0 Å². The lowest BCUT2D eigenvalue weighted by atomic mass is 9.83. The van der Waals surface area contributed by atoms with Gasteiger partial charge in [-0.05, 0) is 53.9 Å². The van der Waals surface area contributed by atoms with Crippen LogP contribution >= 0.6 is 0 Å². The Bertz CT molecular complexity index is 802. The van der Waals surface area contributed by atoms with Crippen molar-refractivity contribution in [1.82, 2.24) is 0 Å². The highest BCUT2D eigenvalue weighted by atomic mass is 19.2. The molecule has 1 atom stereocenters. The lowest BCUT2D eigenvalue weighted by Gasteiger charge is -2.22. The lowest BCUT2D eigenvalue weighted by molar-refractivity contribution is 0.428. The second kappa shape index (κ2) is 10.0. The van der Waals surface area contributed by atoms with E-state index in [9.17, 15) is 8.78 Å². The minimum Gasteiger partial charge on any atom is -0.203 e. The molecule has 0 saturated carbocycles. The molecule has 0 nitrogen and oxygen atoms in total. The first-order chi connectivity index (χ1) is 13.6. The Labute approximate surface area is 168 Å². The summed E-state index contributed by atoms with van der Waals surface area (Å²) in [7, 11) is 0. The molecule has 0 N–H and O–H groups in total. The molecule has 0 radical (unpaired) electrons. The normalized spacial score (nSPS) is 16.9. The third-order valence-electron chi connectivity index (χ3n) is 5.98. The Balaban J connectivity index is 1.70. The van der Waals surface area contributed by atoms with E-state index < -0.39 is 11.6 Å². The predicted octanol–water partition coefficient (Wildman–Crippen LogP) is 8.35. The molecule has 0 aliphatic heterocycles. The van der Waals surface area contributed by atoms with Gasteiger partial charge in [0.05, 0.1) is 0 Å². The number of unbranched alkanes of at least 4 members (excludes halogenated alkanes) is 2. The fraction of sp³-hybridized carbons (Fsp3) is 0.462. The number of halogens is 2. The van der Waals surface area contributed by atoms with Crippen molar-refractivity contribution >= 4 is 5.57 Å². The molecule has 3 rings (SSSR count). The van der Waals surface area contributed by atoms with E-state index in [0.717, 1.165) is 24.3 Å². The van der Waals surface area contributed by atoms with Crippen molar-refractivity contribution in [3.63, 3.8) is 0 Å². The van der Waals surface area contributed by atoms with Gasteiger partial charge in [-0.1, -0.05) is 88.4 Å².